The average Bonchev–Trinajstić information content (AvgIpc) is 3.67. The normalized spacial score (nSPS) is 23.6. The van der Waals surface area contributed by atoms with Crippen LogP contribution in [-0.2, 0) is 12.1 Å². The Morgan fingerprint density at radius 3 is 2.73 bits per heavy atom. The highest BCUT2D eigenvalue weighted by atomic mass is 32.2. The first-order valence-corrected chi connectivity index (χ1v) is 12.9. The minimum absolute atomic E-state index is 0.0621. The first-order chi connectivity index (χ1) is 19.1. The number of hydrogen-bond donors (Lipinski definition) is 2. The molecule has 0 bridgehead atoms. The molecule has 206 valence electrons. The number of thioether (sulfide) groups is 1. The van der Waals surface area contributed by atoms with Crippen molar-refractivity contribution in [2.24, 2.45) is 16.6 Å². The standard InChI is InChI=1S/C26H20F5N7OS/c1-25(18-9-26(18,23(30)31)40-24(32)38-25)13-7-12(8-15(28)20(13)29)36-22-21-16(4-6-34-22)37-19(10-35-21)39-11-17-14(27)3-2-5-33-17/h2-8,10,18,23H,9,11H2,1H3,(H2,32,38)(H,34,36)/t18-,25+,26-/m0/s1. The van der Waals surface area contributed by atoms with Crippen LogP contribution in [-0.4, -0.2) is 36.3 Å². The number of fused-ring (bicyclic) bond motifs is 2. The van der Waals surface area contributed by atoms with Gasteiger partial charge in [-0.1, -0.05) is 11.8 Å². The molecule has 6 rings (SSSR count). The Hall–Kier alpha value is -4.07. The Kier molecular flexibility index (Phi) is 6.24. The summed E-state index contributed by atoms with van der Waals surface area (Å²) >= 11 is 0.778. The maximum Gasteiger partial charge on any atom is 0.253 e. The van der Waals surface area contributed by atoms with Crippen LogP contribution in [0.4, 0.5) is 33.5 Å². The van der Waals surface area contributed by atoms with E-state index in [9.17, 15) is 17.6 Å². The largest absolute Gasteiger partial charge is 0.470 e. The van der Waals surface area contributed by atoms with Crippen molar-refractivity contribution in [1.82, 2.24) is 19.9 Å². The number of halogens is 5. The summed E-state index contributed by atoms with van der Waals surface area (Å²) in [6.45, 7) is 1.31. The number of aliphatic imine (C=N–C) groups is 1. The molecule has 1 aromatic carbocycles. The number of hydrogen-bond acceptors (Lipinski definition) is 9. The number of nitrogens with two attached hydrogens (primary N) is 1. The van der Waals surface area contributed by atoms with Gasteiger partial charge in [0, 0.05) is 35.6 Å². The predicted octanol–water partition coefficient (Wildman–Crippen LogP) is 5.46. The fourth-order valence-corrected chi connectivity index (χ4v) is 6.36. The number of rotatable bonds is 7. The Morgan fingerprint density at radius 1 is 1.12 bits per heavy atom. The summed E-state index contributed by atoms with van der Waals surface area (Å²) in [5.74, 6) is -3.36. The molecule has 1 aliphatic carbocycles. The fourth-order valence-electron chi connectivity index (χ4n) is 5.03. The highest BCUT2D eigenvalue weighted by molar-refractivity contribution is 8.15. The highest BCUT2D eigenvalue weighted by Gasteiger charge is 2.71. The molecule has 0 saturated heterocycles. The van der Waals surface area contributed by atoms with Gasteiger partial charge in [-0.3, -0.25) is 9.98 Å². The molecule has 3 N–H and O–H groups in total. The van der Waals surface area contributed by atoms with Crippen LogP contribution < -0.4 is 15.8 Å². The zero-order valence-electron chi connectivity index (χ0n) is 20.7. The van der Waals surface area contributed by atoms with Crippen LogP contribution in [0.2, 0.25) is 0 Å². The van der Waals surface area contributed by atoms with Crippen LogP contribution in [0.3, 0.4) is 0 Å². The van der Waals surface area contributed by atoms with Crippen molar-refractivity contribution in [3.8, 4) is 5.88 Å². The first-order valence-electron chi connectivity index (χ1n) is 12.0. The topological polar surface area (TPSA) is 111 Å². The van der Waals surface area contributed by atoms with Crippen molar-refractivity contribution >= 4 is 39.5 Å². The summed E-state index contributed by atoms with van der Waals surface area (Å²) in [6.07, 6.45) is 1.53. The third-order valence-electron chi connectivity index (χ3n) is 7.10. The van der Waals surface area contributed by atoms with Gasteiger partial charge in [0.05, 0.1) is 22.0 Å². The monoisotopic (exact) mass is 573 g/mol. The molecule has 1 aliphatic heterocycles. The van der Waals surface area contributed by atoms with E-state index in [2.05, 4.69) is 30.2 Å². The van der Waals surface area contributed by atoms with E-state index in [1.54, 1.807) is 6.07 Å². The van der Waals surface area contributed by atoms with Crippen molar-refractivity contribution in [1.29, 1.82) is 0 Å². The van der Waals surface area contributed by atoms with Crippen LogP contribution >= 0.6 is 11.8 Å². The van der Waals surface area contributed by atoms with Gasteiger partial charge < -0.3 is 15.8 Å². The number of anilines is 2. The number of nitrogens with zero attached hydrogens (tertiary/aromatic N) is 5. The number of ether oxygens (including phenoxy) is 1. The molecule has 0 spiro atoms. The molecule has 0 unspecified atom stereocenters. The Bertz CT molecular complexity index is 1670. The Morgan fingerprint density at radius 2 is 1.95 bits per heavy atom. The third-order valence-corrected chi connectivity index (χ3v) is 8.41. The fraction of sp³-hybridized carbons (Fsp3) is 0.269. The average molecular weight is 574 g/mol. The lowest BCUT2D eigenvalue weighted by Crippen LogP contribution is -2.39. The summed E-state index contributed by atoms with van der Waals surface area (Å²) in [6, 6.07) is 6.53. The number of aromatic nitrogens is 4. The summed E-state index contributed by atoms with van der Waals surface area (Å²) in [5.41, 5.74) is 5.00. The number of nitrogens with one attached hydrogen (secondary N) is 1. The maximum atomic E-state index is 15.1. The molecule has 0 radical (unpaired) electrons. The zero-order chi connectivity index (χ0) is 28.2. The van der Waals surface area contributed by atoms with Gasteiger partial charge in [-0.2, -0.15) is 0 Å². The summed E-state index contributed by atoms with van der Waals surface area (Å²) < 4.78 is 75.6. The molecule has 0 amide bonds. The van der Waals surface area contributed by atoms with Crippen LogP contribution in [0.5, 0.6) is 5.88 Å². The van der Waals surface area contributed by atoms with E-state index in [0.29, 0.717) is 5.52 Å². The second-order valence-electron chi connectivity index (χ2n) is 9.61. The second-order valence-corrected chi connectivity index (χ2v) is 11.0. The van der Waals surface area contributed by atoms with Gasteiger partial charge in [-0.05, 0) is 37.6 Å². The van der Waals surface area contributed by atoms with E-state index >= 15 is 4.39 Å². The third kappa shape index (κ3) is 4.35. The van der Waals surface area contributed by atoms with Gasteiger partial charge in [0.25, 0.3) is 6.43 Å². The molecule has 4 heterocycles. The van der Waals surface area contributed by atoms with Gasteiger partial charge in [0.1, 0.15) is 23.6 Å². The van der Waals surface area contributed by atoms with Crippen LogP contribution in [0, 0.1) is 23.4 Å². The van der Waals surface area contributed by atoms with Gasteiger partial charge in [0.15, 0.2) is 22.6 Å². The minimum atomic E-state index is -2.71. The quantitative estimate of drug-likeness (QED) is 0.281. The van der Waals surface area contributed by atoms with E-state index in [-0.39, 0.29) is 52.4 Å². The summed E-state index contributed by atoms with van der Waals surface area (Å²) in [7, 11) is 0. The molecule has 14 heteroatoms. The Balaban J connectivity index is 1.30. The molecule has 4 aromatic rings. The minimum Gasteiger partial charge on any atom is -0.470 e. The zero-order valence-corrected chi connectivity index (χ0v) is 21.5. The second kappa shape index (κ2) is 9.54. The molecule has 1 saturated carbocycles. The van der Waals surface area contributed by atoms with Crippen LogP contribution in [0.1, 0.15) is 24.6 Å². The van der Waals surface area contributed by atoms with Crippen molar-refractivity contribution in [3.05, 3.63) is 77.6 Å². The highest BCUT2D eigenvalue weighted by Crippen LogP contribution is 2.68. The first kappa shape index (κ1) is 26.2. The van der Waals surface area contributed by atoms with Crippen molar-refractivity contribution in [2.45, 2.75) is 36.7 Å². The molecule has 40 heavy (non-hydrogen) atoms. The van der Waals surface area contributed by atoms with E-state index in [0.717, 1.165) is 17.8 Å². The lowest BCUT2D eigenvalue weighted by Gasteiger charge is -2.34. The van der Waals surface area contributed by atoms with Crippen molar-refractivity contribution < 1.29 is 26.7 Å². The van der Waals surface area contributed by atoms with Gasteiger partial charge in [-0.15, -0.1) is 0 Å². The van der Waals surface area contributed by atoms with E-state index in [4.69, 9.17) is 10.5 Å². The van der Waals surface area contributed by atoms with Gasteiger partial charge in [-0.25, -0.2) is 36.9 Å². The number of alkyl halides is 2. The van der Waals surface area contributed by atoms with E-state index in [1.807, 2.05) is 0 Å². The summed E-state index contributed by atoms with van der Waals surface area (Å²) in [5, 5.41) is 2.81. The molecule has 1 fully saturated rings. The molecule has 3 aromatic heterocycles. The molecule has 2 aliphatic rings. The number of pyridine rings is 2. The molecular formula is C26H20F5N7OS. The number of benzene rings is 1. The lowest BCUT2D eigenvalue weighted by molar-refractivity contribution is 0.123. The molecule has 8 nitrogen and oxygen atoms in total. The summed E-state index contributed by atoms with van der Waals surface area (Å²) in [4.78, 5) is 21.1. The van der Waals surface area contributed by atoms with E-state index in [1.165, 1.54) is 43.7 Å². The predicted molar refractivity (Wildman–Crippen MR) is 139 cm³/mol. The Labute approximate surface area is 228 Å². The van der Waals surface area contributed by atoms with Crippen LogP contribution in [0.25, 0.3) is 11.0 Å². The molecule has 3 atom stereocenters. The van der Waals surface area contributed by atoms with Gasteiger partial charge in [0.2, 0.25) is 5.88 Å². The molecular weight excluding hydrogens is 553 g/mol. The van der Waals surface area contributed by atoms with E-state index < -0.39 is 40.1 Å². The smallest absolute Gasteiger partial charge is 0.253 e. The maximum absolute atomic E-state index is 15.1. The lowest BCUT2D eigenvalue weighted by atomic mass is 9.85. The number of amidine groups is 1. The SMILES string of the molecule is C[C@]1(c2cc(Nc3nccc4nc(OCc5ncccc5F)cnc34)cc(F)c2F)N=C(N)S[C@@]2(C(F)F)C[C@@H]12. The van der Waals surface area contributed by atoms with Gasteiger partial charge >= 0.3 is 0 Å². The van der Waals surface area contributed by atoms with Crippen molar-refractivity contribution in [3.63, 3.8) is 0 Å². The van der Waals surface area contributed by atoms with Crippen molar-refractivity contribution in [2.75, 3.05) is 5.32 Å². The van der Waals surface area contributed by atoms with Crippen LogP contribution in [0.15, 0.2) is 53.9 Å².